The van der Waals surface area contributed by atoms with Gasteiger partial charge in [0.1, 0.15) is 23.7 Å². The predicted octanol–water partition coefficient (Wildman–Crippen LogP) is 3.37. The molecule has 3 aliphatic rings. The number of nitrogens with one attached hydrogen (secondary N) is 2. The maximum absolute atomic E-state index is 13.5. The third-order valence-electron chi connectivity index (χ3n) is 5.51. The summed E-state index contributed by atoms with van der Waals surface area (Å²) in [6.07, 6.45) is 4.32. The van der Waals surface area contributed by atoms with Crippen LogP contribution in [-0.2, 0) is 4.79 Å². The van der Waals surface area contributed by atoms with Gasteiger partial charge in [-0.3, -0.25) is 4.79 Å². The Morgan fingerprint density at radius 1 is 1.40 bits per heavy atom. The molecule has 1 saturated carbocycles. The standard InChI is InChI=1S/C20H24ClFN6OS/c1-12-4-3-9-27(30-28(12)15-6-7-15)19-17(21)18(26(2)25-19)20(29)24-14-5-8-16(22)13(10-14)11-23/h5,8,10,12,15,19,25H,3-4,6-7,9H2,1-2H3,(H,24,29). The van der Waals surface area contributed by atoms with E-state index in [1.165, 1.54) is 25.0 Å². The first kappa shape index (κ1) is 21.4. The average molecular weight is 451 g/mol. The molecule has 2 heterocycles. The van der Waals surface area contributed by atoms with E-state index in [-0.39, 0.29) is 11.7 Å². The summed E-state index contributed by atoms with van der Waals surface area (Å²) in [7, 11) is 1.74. The number of hydrazine groups is 1. The van der Waals surface area contributed by atoms with Gasteiger partial charge in [0.15, 0.2) is 0 Å². The van der Waals surface area contributed by atoms with E-state index in [2.05, 4.69) is 26.3 Å². The Morgan fingerprint density at radius 3 is 2.87 bits per heavy atom. The summed E-state index contributed by atoms with van der Waals surface area (Å²) in [5, 5.41) is 13.7. The first-order valence-corrected chi connectivity index (χ1v) is 11.1. The van der Waals surface area contributed by atoms with Gasteiger partial charge in [0.25, 0.3) is 5.91 Å². The maximum atomic E-state index is 13.5. The topological polar surface area (TPSA) is 74.6 Å². The number of nitrogens with zero attached hydrogens (tertiary/aromatic N) is 4. The van der Waals surface area contributed by atoms with Gasteiger partial charge < -0.3 is 10.3 Å². The van der Waals surface area contributed by atoms with E-state index in [0.717, 1.165) is 25.5 Å². The third-order valence-corrected chi connectivity index (χ3v) is 7.34. The largest absolute Gasteiger partial charge is 0.321 e. The van der Waals surface area contributed by atoms with Crippen LogP contribution in [0, 0.1) is 17.1 Å². The van der Waals surface area contributed by atoms with Crippen molar-refractivity contribution in [3.8, 4) is 6.07 Å². The van der Waals surface area contributed by atoms with Gasteiger partial charge in [-0.25, -0.2) is 18.4 Å². The smallest absolute Gasteiger partial charge is 0.274 e. The normalized spacial score (nSPS) is 25.9. The molecule has 0 radical (unpaired) electrons. The van der Waals surface area contributed by atoms with Crippen molar-refractivity contribution in [1.29, 1.82) is 5.26 Å². The first-order chi connectivity index (χ1) is 14.4. The SMILES string of the molecule is CC1CCCN(C2NN(C)C(C(=O)Nc3ccc(F)c(C#N)c3)=C2Cl)SN1C1CC1. The van der Waals surface area contributed by atoms with Crippen molar-refractivity contribution in [2.45, 2.75) is 50.9 Å². The quantitative estimate of drug-likeness (QED) is 0.681. The van der Waals surface area contributed by atoms with Crippen molar-refractivity contribution in [2.24, 2.45) is 0 Å². The number of carbonyl (C=O) groups is 1. The zero-order valence-corrected chi connectivity index (χ0v) is 18.4. The van der Waals surface area contributed by atoms with Crippen LogP contribution in [0.1, 0.15) is 38.2 Å². The molecule has 0 aromatic heterocycles. The predicted molar refractivity (Wildman–Crippen MR) is 115 cm³/mol. The molecule has 1 amide bonds. The number of nitriles is 1. The summed E-state index contributed by atoms with van der Waals surface area (Å²) in [4.78, 5) is 12.9. The highest BCUT2D eigenvalue weighted by Gasteiger charge is 2.41. The van der Waals surface area contributed by atoms with Crippen LogP contribution in [0.15, 0.2) is 28.9 Å². The van der Waals surface area contributed by atoms with Crippen LogP contribution in [0.25, 0.3) is 0 Å². The molecule has 2 N–H and O–H groups in total. The van der Waals surface area contributed by atoms with E-state index in [1.54, 1.807) is 30.3 Å². The maximum Gasteiger partial charge on any atom is 0.274 e. The minimum Gasteiger partial charge on any atom is -0.321 e. The molecule has 2 unspecified atom stereocenters. The van der Waals surface area contributed by atoms with Crippen LogP contribution >= 0.6 is 23.7 Å². The lowest BCUT2D eigenvalue weighted by Gasteiger charge is -2.32. The molecule has 2 fully saturated rings. The number of amides is 1. The molecule has 2 aliphatic heterocycles. The summed E-state index contributed by atoms with van der Waals surface area (Å²) in [6.45, 7) is 3.12. The van der Waals surface area contributed by atoms with Crippen LogP contribution in [0.4, 0.5) is 10.1 Å². The van der Waals surface area contributed by atoms with E-state index in [1.807, 2.05) is 0 Å². The number of benzene rings is 1. The lowest BCUT2D eigenvalue weighted by Crippen LogP contribution is -2.45. The van der Waals surface area contributed by atoms with Crippen molar-refractivity contribution in [2.75, 3.05) is 18.9 Å². The molecule has 1 aromatic carbocycles. The summed E-state index contributed by atoms with van der Waals surface area (Å²) >= 11 is 8.39. The second-order valence-corrected chi connectivity index (χ2v) is 9.31. The molecule has 0 spiro atoms. The Balaban J connectivity index is 1.52. The Bertz CT molecular complexity index is 917. The van der Waals surface area contributed by atoms with Crippen LogP contribution in [0.3, 0.4) is 0 Å². The second-order valence-electron chi connectivity index (χ2n) is 7.85. The minimum atomic E-state index is -0.625. The molecule has 1 saturated heterocycles. The fourth-order valence-electron chi connectivity index (χ4n) is 3.77. The molecule has 10 heteroatoms. The number of anilines is 1. The molecule has 7 nitrogen and oxygen atoms in total. The number of halogens is 2. The molecule has 0 bridgehead atoms. The lowest BCUT2D eigenvalue weighted by molar-refractivity contribution is -0.114. The van der Waals surface area contributed by atoms with Gasteiger partial charge in [0.05, 0.1) is 10.6 Å². The Hall–Kier alpha value is -1.83. The van der Waals surface area contributed by atoms with Gasteiger partial charge in [-0.15, -0.1) is 0 Å². The molecule has 30 heavy (non-hydrogen) atoms. The summed E-state index contributed by atoms with van der Waals surface area (Å²) < 4.78 is 18.2. The number of hydrogen-bond acceptors (Lipinski definition) is 7. The average Bonchev–Trinajstić information content (AvgIpc) is 3.51. The van der Waals surface area contributed by atoms with Crippen molar-refractivity contribution < 1.29 is 9.18 Å². The number of hydrogen-bond donors (Lipinski definition) is 2. The molecule has 1 aliphatic carbocycles. The summed E-state index contributed by atoms with van der Waals surface area (Å²) in [5.74, 6) is -1.04. The van der Waals surface area contributed by atoms with Crippen LogP contribution < -0.4 is 10.7 Å². The molecule has 4 rings (SSSR count). The van der Waals surface area contributed by atoms with Gasteiger partial charge in [0, 0.05) is 43.5 Å². The Morgan fingerprint density at radius 2 is 2.17 bits per heavy atom. The zero-order chi connectivity index (χ0) is 21.4. The van der Waals surface area contributed by atoms with Crippen LogP contribution in [0.2, 0.25) is 0 Å². The number of likely N-dealkylation sites (N-methyl/N-ethyl adjacent to an activating group) is 1. The lowest BCUT2D eigenvalue weighted by atomic mass is 10.2. The highest BCUT2D eigenvalue weighted by atomic mass is 35.5. The third kappa shape index (κ3) is 4.29. The van der Waals surface area contributed by atoms with Gasteiger partial charge in [-0.2, -0.15) is 5.26 Å². The van der Waals surface area contributed by atoms with Crippen LogP contribution in [0.5, 0.6) is 0 Å². The summed E-state index contributed by atoms with van der Waals surface area (Å²) in [6, 6.07) is 6.77. The second kappa shape index (κ2) is 8.73. The fourth-order valence-corrected chi connectivity index (χ4v) is 5.52. The van der Waals surface area contributed by atoms with E-state index in [9.17, 15) is 9.18 Å². The van der Waals surface area contributed by atoms with Crippen molar-refractivity contribution in [3.05, 3.63) is 40.3 Å². The van der Waals surface area contributed by atoms with Crippen molar-refractivity contribution in [1.82, 2.24) is 19.0 Å². The monoisotopic (exact) mass is 450 g/mol. The number of carbonyl (C=O) groups excluding carboxylic acids is 1. The fraction of sp³-hybridized carbons (Fsp3) is 0.500. The van der Waals surface area contributed by atoms with E-state index < -0.39 is 11.7 Å². The van der Waals surface area contributed by atoms with Gasteiger partial charge in [-0.1, -0.05) is 11.6 Å². The van der Waals surface area contributed by atoms with E-state index >= 15 is 0 Å². The molecular weight excluding hydrogens is 427 g/mol. The number of rotatable bonds is 4. The van der Waals surface area contributed by atoms with Crippen LogP contribution in [-0.4, -0.2) is 51.4 Å². The summed E-state index contributed by atoms with van der Waals surface area (Å²) in [5.41, 5.74) is 3.79. The van der Waals surface area contributed by atoms with Gasteiger partial charge >= 0.3 is 0 Å². The highest BCUT2D eigenvalue weighted by molar-refractivity contribution is 7.94. The Kier molecular flexibility index (Phi) is 6.23. The van der Waals surface area contributed by atoms with Crippen molar-refractivity contribution >= 4 is 35.3 Å². The van der Waals surface area contributed by atoms with E-state index in [0.29, 0.717) is 28.5 Å². The van der Waals surface area contributed by atoms with Gasteiger partial charge in [0.2, 0.25) is 0 Å². The molecule has 1 aromatic rings. The van der Waals surface area contributed by atoms with Gasteiger partial charge in [-0.05, 0) is 50.8 Å². The molecular formula is C20H24ClFN6OS. The zero-order valence-electron chi connectivity index (χ0n) is 16.9. The molecule has 2 atom stereocenters. The Labute approximate surface area is 185 Å². The van der Waals surface area contributed by atoms with Crippen molar-refractivity contribution in [3.63, 3.8) is 0 Å². The minimum absolute atomic E-state index is 0.126. The molecule has 160 valence electrons. The van der Waals surface area contributed by atoms with E-state index in [4.69, 9.17) is 16.9 Å². The highest BCUT2D eigenvalue weighted by Crippen LogP contribution is 2.41. The first-order valence-electron chi connectivity index (χ1n) is 10.0.